The van der Waals surface area contributed by atoms with Gasteiger partial charge in [-0.3, -0.25) is 4.90 Å². The topological polar surface area (TPSA) is 23.5 Å². The molecule has 1 unspecified atom stereocenters. The summed E-state index contributed by atoms with van der Waals surface area (Å²) < 4.78 is 0. The molecule has 1 aromatic rings. The van der Waals surface area contributed by atoms with Crippen LogP contribution in [-0.4, -0.2) is 22.2 Å². The maximum Gasteiger partial charge on any atom is 0.0552 e. The molecule has 2 aliphatic rings. The number of aliphatic hydroxyl groups is 1. The van der Waals surface area contributed by atoms with Crippen LogP contribution < -0.4 is 0 Å². The number of nitrogens with zero attached hydrogens (tertiary/aromatic N) is 1. The number of benzene rings is 1. The second-order valence-electron chi connectivity index (χ2n) is 5.29. The van der Waals surface area contributed by atoms with E-state index >= 15 is 0 Å². The van der Waals surface area contributed by atoms with Crippen molar-refractivity contribution in [3.8, 4) is 0 Å². The minimum absolute atomic E-state index is 0.237. The summed E-state index contributed by atoms with van der Waals surface area (Å²) in [5, 5.41) is 9.39. The molecule has 1 aromatic carbocycles. The van der Waals surface area contributed by atoms with E-state index in [0.29, 0.717) is 0 Å². The quantitative estimate of drug-likeness (QED) is 0.838. The first-order valence-electron chi connectivity index (χ1n) is 6.25. The molecule has 0 aromatic heterocycles. The number of aliphatic hydroxyl groups excluding tert-OH is 1. The summed E-state index contributed by atoms with van der Waals surface area (Å²) in [7, 11) is 0. The molecule has 0 amide bonds. The smallest absolute Gasteiger partial charge is 0.0552 e. The third-order valence-electron chi connectivity index (χ3n) is 3.61. The van der Waals surface area contributed by atoms with Crippen LogP contribution in [0.25, 0.3) is 0 Å². The fourth-order valence-corrected chi connectivity index (χ4v) is 2.64. The van der Waals surface area contributed by atoms with Crippen LogP contribution in [0.3, 0.4) is 0 Å². The fourth-order valence-electron chi connectivity index (χ4n) is 2.64. The van der Waals surface area contributed by atoms with Crippen molar-refractivity contribution in [1.82, 2.24) is 4.90 Å². The summed E-state index contributed by atoms with van der Waals surface area (Å²) in [6, 6.07) is 7.55. The summed E-state index contributed by atoms with van der Waals surface area (Å²) >= 11 is 0. The van der Waals surface area contributed by atoms with Crippen LogP contribution in [0.1, 0.15) is 36.5 Å². The molecule has 3 rings (SSSR count). The van der Waals surface area contributed by atoms with Gasteiger partial charge in [-0.1, -0.05) is 18.2 Å². The Labute approximate surface area is 96.9 Å². The molecule has 86 valence electrons. The van der Waals surface area contributed by atoms with Crippen LogP contribution in [0.4, 0.5) is 0 Å². The van der Waals surface area contributed by atoms with Gasteiger partial charge >= 0.3 is 0 Å². The molecule has 1 saturated carbocycles. The fraction of sp³-hybridized carbons (Fsp3) is 0.571. The monoisotopic (exact) mass is 217 g/mol. The third kappa shape index (κ3) is 2.00. The zero-order valence-corrected chi connectivity index (χ0v) is 9.82. The minimum atomic E-state index is -0.237. The lowest BCUT2D eigenvalue weighted by atomic mass is 10.0. The average Bonchev–Trinajstić information content (AvgIpc) is 2.98. The van der Waals surface area contributed by atoms with Gasteiger partial charge in [0.25, 0.3) is 0 Å². The molecular weight excluding hydrogens is 198 g/mol. The second kappa shape index (κ2) is 3.86. The lowest BCUT2D eigenvalue weighted by Gasteiger charge is -2.12. The maximum atomic E-state index is 9.39. The molecule has 1 aliphatic carbocycles. The second-order valence-corrected chi connectivity index (χ2v) is 5.29. The minimum Gasteiger partial charge on any atom is -0.393 e. The molecule has 1 heterocycles. The van der Waals surface area contributed by atoms with Crippen LogP contribution >= 0.6 is 0 Å². The van der Waals surface area contributed by atoms with E-state index in [-0.39, 0.29) is 6.10 Å². The van der Waals surface area contributed by atoms with Crippen LogP contribution in [-0.2, 0) is 19.5 Å². The van der Waals surface area contributed by atoms with Crippen molar-refractivity contribution in [2.75, 3.05) is 0 Å². The van der Waals surface area contributed by atoms with E-state index in [2.05, 4.69) is 23.1 Å². The normalized spacial score (nSPS) is 22.1. The molecule has 1 aliphatic heterocycles. The molecule has 0 saturated heterocycles. The number of hydrogen-bond donors (Lipinski definition) is 1. The Morgan fingerprint density at radius 1 is 1.31 bits per heavy atom. The average molecular weight is 217 g/mol. The Kier molecular flexibility index (Phi) is 2.49. The largest absolute Gasteiger partial charge is 0.393 e. The van der Waals surface area contributed by atoms with Crippen LogP contribution in [0, 0.1) is 0 Å². The van der Waals surface area contributed by atoms with E-state index in [4.69, 9.17) is 0 Å². The van der Waals surface area contributed by atoms with Gasteiger partial charge in [0.05, 0.1) is 6.10 Å². The third-order valence-corrected chi connectivity index (χ3v) is 3.61. The van der Waals surface area contributed by atoms with Crippen molar-refractivity contribution in [3.05, 3.63) is 34.9 Å². The Morgan fingerprint density at radius 3 is 2.75 bits per heavy atom. The zero-order valence-electron chi connectivity index (χ0n) is 9.82. The van der Waals surface area contributed by atoms with Gasteiger partial charge in [-0.25, -0.2) is 0 Å². The van der Waals surface area contributed by atoms with Gasteiger partial charge in [0.2, 0.25) is 0 Å². The van der Waals surface area contributed by atoms with Gasteiger partial charge in [0.15, 0.2) is 0 Å². The predicted molar refractivity (Wildman–Crippen MR) is 64.1 cm³/mol. The highest BCUT2D eigenvalue weighted by molar-refractivity contribution is 5.35. The van der Waals surface area contributed by atoms with Crippen LogP contribution in [0.15, 0.2) is 18.2 Å². The van der Waals surface area contributed by atoms with Crippen molar-refractivity contribution < 1.29 is 5.11 Å². The van der Waals surface area contributed by atoms with E-state index < -0.39 is 0 Å². The number of fused-ring (bicyclic) bond motifs is 1. The lowest BCUT2D eigenvalue weighted by molar-refractivity contribution is 0.195. The summed E-state index contributed by atoms with van der Waals surface area (Å²) in [5.74, 6) is 0. The molecule has 0 radical (unpaired) electrons. The van der Waals surface area contributed by atoms with Crippen LogP contribution in [0.2, 0.25) is 0 Å². The van der Waals surface area contributed by atoms with Crippen LogP contribution in [0.5, 0.6) is 0 Å². The highest BCUT2D eigenvalue weighted by Crippen LogP contribution is 2.34. The van der Waals surface area contributed by atoms with Crippen molar-refractivity contribution in [2.45, 2.75) is 51.4 Å². The van der Waals surface area contributed by atoms with Crippen molar-refractivity contribution in [2.24, 2.45) is 0 Å². The number of hydrogen-bond acceptors (Lipinski definition) is 2. The molecule has 16 heavy (non-hydrogen) atoms. The molecule has 2 nitrogen and oxygen atoms in total. The maximum absolute atomic E-state index is 9.39. The summed E-state index contributed by atoms with van der Waals surface area (Å²) in [4.78, 5) is 2.58. The first-order chi connectivity index (χ1) is 7.72. The molecular formula is C14H19NO. The van der Waals surface area contributed by atoms with E-state index in [0.717, 1.165) is 25.6 Å². The van der Waals surface area contributed by atoms with E-state index in [1.54, 1.807) is 0 Å². The number of rotatable bonds is 3. The summed E-state index contributed by atoms with van der Waals surface area (Å²) in [5.41, 5.74) is 4.23. The van der Waals surface area contributed by atoms with Gasteiger partial charge in [0, 0.05) is 19.1 Å². The zero-order chi connectivity index (χ0) is 11.1. The lowest BCUT2D eigenvalue weighted by Crippen LogP contribution is -2.18. The summed E-state index contributed by atoms with van der Waals surface area (Å²) in [6.07, 6.45) is 3.30. The van der Waals surface area contributed by atoms with Gasteiger partial charge < -0.3 is 5.11 Å². The Morgan fingerprint density at radius 2 is 2.06 bits per heavy atom. The predicted octanol–water partition coefficient (Wildman–Crippen LogP) is 2.09. The van der Waals surface area contributed by atoms with Crippen molar-refractivity contribution in [3.63, 3.8) is 0 Å². The molecule has 0 bridgehead atoms. The van der Waals surface area contributed by atoms with Gasteiger partial charge in [-0.15, -0.1) is 0 Å². The molecule has 1 N–H and O–H groups in total. The Hall–Kier alpha value is -0.860. The molecule has 1 atom stereocenters. The van der Waals surface area contributed by atoms with E-state index in [9.17, 15) is 5.11 Å². The highest BCUT2D eigenvalue weighted by atomic mass is 16.3. The van der Waals surface area contributed by atoms with E-state index in [1.807, 2.05) is 6.92 Å². The van der Waals surface area contributed by atoms with Gasteiger partial charge in [-0.2, -0.15) is 0 Å². The van der Waals surface area contributed by atoms with Crippen molar-refractivity contribution in [1.29, 1.82) is 0 Å². The van der Waals surface area contributed by atoms with Gasteiger partial charge in [0.1, 0.15) is 0 Å². The van der Waals surface area contributed by atoms with Crippen molar-refractivity contribution >= 4 is 0 Å². The SMILES string of the molecule is CC(O)Cc1ccc2c(c1)CN(C1CC1)C2. The summed E-state index contributed by atoms with van der Waals surface area (Å²) in [6.45, 7) is 4.10. The van der Waals surface area contributed by atoms with E-state index in [1.165, 1.54) is 29.5 Å². The molecule has 2 heteroatoms. The van der Waals surface area contributed by atoms with Gasteiger partial charge in [-0.05, 0) is 42.9 Å². The first-order valence-corrected chi connectivity index (χ1v) is 6.25. The standard InChI is InChI=1S/C14H19NO/c1-10(16)6-11-2-3-12-8-15(14-4-5-14)9-13(12)7-11/h2-3,7,10,14,16H,4-6,8-9H2,1H3. The highest BCUT2D eigenvalue weighted by Gasteiger charge is 2.32. The Balaban J connectivity index is 1.77. The first kappa shape index (κ1) is 10.3. The Bertz CT molecular complexity index is 396. The molecule has 0 spiro atoms. The molecule has 1 fully saturated rings.